The molecule has 106 valence electrons. The monoisotopic (exact) mass is 385 g/mol. The van der Waals surface area contributed by atoms with Crippen molar-refractivity contribution in [2.75, 3.05) is 13.7 Å². The predicted octanol–water partition coefficient (Wildman–Crippen LogP) is 4.14. The van der Waals surface area contributed by atoms with Gasteiger partial charge in [-0.1, -0.05) is 37.3 Å². The van der Waals surface area contributed by atoms with Crippen molar-refractivity contribution in [2.45, 2.75) is 13.0 Å². The lowest BCUT2D eigenvalue weighted by Gasteiger charge is -2.21. The van der Waals surface area contributed by atoms with Gasteiger partial charge in [-0.2, -0.15) is 0 Å². The molecule has 2 nitrogen and oxygen atoms in total. The van der Waals surface area contributed by atoms with Crippen LogP contribution in [-0.4, -0.2) is 13.7 Å². The molecule has 0 saturated heterocycles. The summed E-state index contributed by atoms with van der Waals surface area (Å²) in [5.74, 6) is -0.0306. The molecule has 0 amide bonds. The third-order valence-corrected chi connectivity index (χ3v) is 4.13. The van der Waals surface area contributed by atoms with Crippen LogP contribution in [0.25, 0.3) is 0 Å². The van der Waals surface area contributed by atoms with Crippen LogP contribution >= 0.6 is 22.6 Å². The van der Waals surface area contributed by atoms with Crippen LogP contribution in [-0.2, 0) is 0 Å². The zero-order valence-electron chi connectivity index (χ0n) is 11.5. The highest BCUT2D eigenvalue weighted by atomic mass is 127. The van der Waals surface area contributed by atoms with E-state index in [1.807, 2.05) is 37.3 Å². The van der Waals surface area contributed by atoms with E-state index >= 15 is 0 Å². The van der Waals surface area contributed by atoms with E-state index in [1.54, 1.807) is 12.1 Å². The number of hydrogen-bond donors (Lipinski definition) is 1. The Labute approximate surface area is 132 Å². The van der Waals surface area contributed by atoms with Gasteiger partial charge in [0.1, 0.15) is 0 Å². The number of halogens is 2. The first-order valence-electron chi connectivity index (χ1n) is 6.49. The van der Waals surface area contributed by atoms with Crippen LogP contribution in [0.5, 0.6) is 5.75 Å². The number of nitrogens with one attached hydrogen (secondary N) is 1. The Bertz CT molecular complexity index is 588. The number of benzene rings is 2. The zero-order valence-corrected chi connectivity index (χ0v) is 13.6. The summed E-state index contributed by atoms with van der Waals surface area (Å²) in [6.45, 7) is 2.77. The Hall–Kier alpha value is -1.14. The summed E-state index contributed by atoms with van der Waals surface area (Å²) in [6.07, 6.45) is 0. The second-order valence-electron chi connectivity index (χ2n) is 4.38. The number of rotatable bonds is 5. The lowest BCUT2D eigenvalue weighted by Crippen LogP contribution is -2.24. The molecular formula is C16H17FINO. The molecule has 0 aliphatic carbocycles. The van der Waals surface area contributed by atoms with Crippen LogP contribution in [0.2, 0.25) is 0 Å². The molecule has 0 spiro atoms. The first-order chi connectivity index (χ1) is 9.69. The van der Waals surface area contributed by atoms with E-state index < -0.39 is 0 Å². The number of methoxy groups -OCH3 is 1. The van der Waals surface area contributed by atoms with E-state index in [0.29, 0.717) is 5.56 Å². The standard InChI is InChI=1S/C16H17FINO/c1-3-19-16(11-7-4-5-9-13(11)18)12-8-6-10-14(20-2)15(12)17/h4-10,16,19H,3H2,1-2H3. The SMILES string of the molecule is CCNC(c1ccccc1I)c1cccc(OC)c1F. The minimum Gasteiger partial charge on any atom is -0.494 e. The molecule has 0 heterocycles. The third-order valence-electron chi connectivity index (χ3n) is 3.15. The van der Waals surface area contributed by atoms with Crippen molar-refractivity contribution in [1.82, 2.24) is 5.32 Å². The maximum atomic E-state index is 14.5. The molecule has 1 atom stereocenters. The molecule has 2 aromatic carbocycles. The van der Waals surface area contributed by atoms with Crippen molar-refractivity contribution in [1.29, 1.82) is 0 Å². The number of hydrogen-bond acceptors (Lipinski definition) is 2. The van der Waals surface area contributed by atoms with Crippen molar-refractivity contribution in [2.24, 2.45) is 0 Å². The van der Waals surface area contributed by atoms with E-state index in [2.05, 4.69) is 27.9 Å². The minimum atomic E-state index is -0.305. The third kappa shape index (κ3) is 3.12. The summed E-state index contributed by atoms with van der Waals surface area (Å²) in [6, 6.07) is 13.1. The maximum absolute atomic E-state index is 14.5. The molecule has 2 rings (SSSR count). The molecule has 1 unspecified atom stereocenters. The Kier molecular flexibility index (Phi) is 5.37. The van der Waals surface area contributed by atoms with Crippen LogP contribution < -0.4 is 10.1 Å². The van der Waals surface area contributed by atoms with Crippen molar-refractivity contribution in [3.05, 3.63) is 63.0 Å². The maximum Gasteiger partial charge on any atom is 0.170 e. The normalized spacial score (nSPS) is 12.2. The van der Waals surface area contributed by atoms with Gasteiger partial charge >= 0.3 is 0 Å². The molecule has 0 bridgehead atoms. The second kappa shape index (κ2) is 7.04. The van der Waals surface area contributed by atoms with E-state index in [4.69, 9.17) is 4.74 Å². The van der Waals surface area contributed by atoms with E-state index in [-0.39, 0.29) is 17.6 Å². The molecule has 0 aliphatic rings. The molecule has 0 saturated carbocycles. The van der Waals surface area contributed by atoms with Gasteiger partial charge in [-0.3, -0.25) is 0 Å². The summed E-state index contributed by atoms with van der Waals surface area (Å²) in [4.78, 5) is 0. The largest absolute Gasteiger partial charge is 0.494 e. The van der Waals surface area contributed by atoms with Crippen molar-refractivity contribution in [3.63, 3.8) is 0 Å². The molecule has 1 N–H and O–H groups in total. The van der Waals surface area contributed by atoms with Crippen LogP contribution in [0.15, 0.2) is 42.5 Å². The molecule has 4 heteroatoms. The minimum absolute atomic E-state index is 0.178. The average Bonchev–Trinajstić information content (AvgIpc) is 2.46. The van der Waals surface area contributed by atoms with Crippen molar-refractivity contribution < 1.29 is 9.13 Å². The van der Waals surface area contributed by atoms with Gasteiger partial charge < -0.3 is 10.1 Å². The van der Waals surface area contributed by atoms with Crippen LogP contribution in [0.4, 0.5) is 4.39 Å². The topological polar surface area (TPSA) is 21.3 Å². The fourth-order valence-corrected chi connectivity index (χ4v) is 2.91. The van der Waals surface area contributed by atoms with Crippen LogP contribution in [0.3, 0.4) is 0 Å². The Morgan fingerprint density at radius 3 is 2.50 bits per heavy atom. The fraction of sp³-hybridized carbons (Fsp3) is 0.250. The Morgan fingerprint density at radius 2 is 1.85 bits per heavy atom. The van der Waals surface area contributed by atoms with Gasteiger partial charge in [-0.05, 0) is 46.8 Å². The molecule has 20 heavy (non-hydrogen) atoms. The Morgan fingerprint density at radius 1 is 1.15 bits per heavy atom. The van der Waals surface area contributed by atoms with E-state index in [9.17, 15) is 4.39 Å². The zero-order chi connectivity index (χ0) is 14.5. The van der Waals surface area contributed by atoms with Gasteiger partial charge in [0.25, 0.3) is 0 Å². The van der Waals surface area contributed by atoms with Crippen molar-refractivity contribution in [3.8, 4) is 5.75 Å². The lowest BCUT2D eigenvalue weighted by atomic mass is 9.98. The number of ether oxygens (including phenoxy) is 1. The highest BCUT2D eigenvalue weighted by Gasteiger charge is 2.21. The molecule has 0 radical (unpaired) electrons. The highest BCUT2D eigenvalue weighted by Crippen LogP contribution is 2.31. The van der Waals surface area contributed by atoms with E-state index in [1.165, 1.54) is 7.11 Å². The van der Waals surface area contributed by atoms with Gasteiger partial charge in [0, 0.05) is 9.13 Å². The highest BCUT2D eigenvalue weighted by molar-refractivity contribution is 14.1. The first-order valence-corrected chi connectivity index (χ1v) is 7.57. The van der Waals surface area contributed by atoms with Gasteiger partial charge in [0.15, 0.2) is 11.6 Å². The summed E-state index contributed by atoms with van der Waals surface area (Å²) < 4.78 is 20.7. The first kappa shape index (κ1) is 15.3. The lowest BCUT2D eigenvalue weighted by molar-refractivity contribution is 0.381. The van der Waals surface area contributed by atoms with Gasteiger partial charge in [0.2, 0.25) is 0 Å². The van der Waals surface area contributed by atoms with Gasteiger partial charge in [-0.15, -0.1) is 0 Å². The summed E-state index contributed by atoms with van der Waals surface area (Å²) in [5.41, 5.74) is 1.68. The van der Waals surface area contributed by atoms with Gasteiger partial charge in [0.05, 0.1) is 13.2 Å². The molecule has 2 aromatic rings. The summed E-state index contributed by atoms with van der Waals surface area (Å²) in [5, 5.41) is 3.35. The van der Waals surface area contributed by atoms with Gasteiger partial charge in [-0.25, -0.2) is 4.39 Å². The predicted molar refractivity (Wildman–Crippen MR) is 87.6 cm³/mol. The summed E-state index contributed by atoms with van der Waals surface area (Å²) >= 11 is 2.28. The van der Waals surface area contributed by atoms with E-state index in [0.717, 1.165) is 15.7 Å². The molecular weight excluding hydrogens is 368 g/mol. The smallest absolute Gasteiger partial charge is 0.170 e. The van der Waals surface area contributed by atoms with Crippen LogP contribution in [0, 0.1) is 9.39 Å². The second-order valence-corrected chi connectivity index (χ2v) is 5.54. The average molecular weight is 385 g/mol. The Balaban J connectivity index is 2.52. The molecule has 0 fully saturated rings. The quantitative estimate of drug-likeness (QED) is 0.782. The molecule has 0 aromatic heterocycles. The molecule has 0 aliphatic heterocycles. The fourth-order valence-electron chi connectivity index (χ4n) is 2.21. The van der Waals surface area contributed by atoms with Crippen LogP contribution in [0.1, 0.15) is 24.1 Å². The summed E-state index contributed by atoms with van der Waals surface area (Å²) in [7, 11) is 1.48. The van der Waals surface area contributed by atoms with Crippen molar-refractivity contribution >= 4 is 22.6 Å².